The highest BCUT2D eigenvalue weighted by atomic mass is 16.5. The quantitative estimate of drug-likeness (QED) is 0.621. The molecular formula is C17H16N2O5. The molecule has 124 valence electrons. The van der Waals surface area contributed by atoms with Gasteiger partial charge in [-0.2, -0.15) is 0 Å². The van der Waals surface area contributed by atoms with Crippen LogP contribution in [0.2, 0.25) is 0 Å². The number of ether oxygens (including phenoxy) is 1. The van der Waals surface area contributed by atoms with E-state index >= 15 is 0 Å². The zero-order valence-corrected chi connectivity index (χ0v) is 12.9. The number of primary amides is 1. The lowest BCUT2D eigenvalue weighted by molar-refractivity contribution is -0.142. The molecule has 0 saturated carbocycles. The number of nitrogens with two attached hydrogens (primary N) is 1. The standard InChI is InChI=1S/C17H16N2O5/c1-11-2-7-14(24-11)8-9-16(21)23-10-15(20)19-13-5-3-12(4-6-13)17(18)22/h2-9H,10H2,1H3,(H2,18,22)(H,19,20). The highest BCUT2D eigenvalue weighted by molar-refractivity contribution is 5.96. The Labute approximate surface area is 138 Å². The predicted octanol–water partition coefficient (Wildman–Crippen LogP) is 1.88. The Balaban J connectivity index is 1.79. The van der Waals surface area contributed by atoms with Crippen molar-refractivity contribution in [3.8, 4) is 0 Å². The van der Waals surface area contributed by atoms with Gasteiger partial charge in [-0.05, 0) is 49.4 Å². The Morgan fingerprint density at radius 1 is 1.17 bits per heavy atom. The minimum Gasteiger partial charge on any atom is -0.462 e. The molecule has 0 spiro atoms. The lowest BCUT2D eigenvalue weighted by Gasteiger charge is -2.05. The molecule has 0 unspecified atom stereocenters. The Kier molecular flexibility index (Phi) is 5.51. The summed E-state index contributed by atoms with van der Waals surface area (Å²) in [7, 11) is 0. The molecule has 2 rings (SSSR count). The predicted molar refractivity (Wildman–Crippen MR) is 87.0 cm³/mol. The zero-order valence-electron chi connectivity index (χ0n) is 12.9. The van der Waals surface area contributed by atoms with Crippen molar-refractivity contribution in [1.82, 2.24) is 0 Å². The maximum absolute atomic E-state index is 11.7. The molecule has 7 nitrogen and oxygen atoms in total. The van der Waals surface area contributed by atoms with E-state index in [1.807, 2.05) is 0 Å². The fraction of sp³-hybridized carbons (Fsp3) is 0.118. The summed E-state index contributed by atoms with van der Waals surface area (Å²) in [6, 6.07) is 9.50. The number of anilines is 1. The summed E-state index contributed by atoms with van der Waals surface area (Å²) in [5.74, 6) is -0.478. The number of nitrogens with one attached hydrogen (secondary N) is 1. The van der Waals surface area contributed by atoms with Gasteiger partial charge in [-0.1, -0.05) is 0 Å². The molecule has 0 fully saturated rings. The molecular weight excluding hydrogens is 312 g/mol. The van der Waals surface area contributed by atoms with Crippen molar-refractivity contribution < 1.29 is 23.5 Å². The molecule has 0 atom stereocenters. The summed E-state index contributed by atoms with van der Waals surface area (Å²) < 4.78 is 10.1. The largest absolute Gasteiger partial charge is 0.462 e. The molecule has 0 saturated heterocycles. The minimum absolute atomic E-state index is 0.331. The molecule has 24 heavy (non-hydrogen) atoms. The molecule has 0 aliphatic rings. The first-order valence-electron chi connectivity index (χ1n) is 7.05. The SMILES string of the molecule is Cc1ccc(C=CC(=O)OCC(=O)Nc2ccc(C(N)=O)cc2)o1. The van der Waals surface area contributed by atoms with Crippen LogP contribution in [0.15, 0.2) is 46.9 Å². The number of aryl methyl sites for hydroxylation is 1. The van der Waals surface area contributed by atoms with E-state index in [4.69, 9.17) is 14.9 Å². The topological polar surface area (TPSA) is 112 Å². The number of esters is 1. The second kappa shape index (κ2) is 7.77. The van der Waals surface area contributed by atoms with Gasteiger partial charge in [0.1, 0.15) is 11.5 Å². The first-order chi connectivity index (χ1) is 11.4. The van der Waals surface area contributed by atoms with Crippen LogP contribution in [0, 0.1) is 6.92 Å². The van der Waals surface area contributed by atoms with Crippen LogP contribution < -0.4 is 11.1 Å². The smallest absolute Gasteiger partial charge is 0.331 e. The van der Waals surface area contributed by atoms with Crippen molar-refractivity contribution in [2.24, 2.45) is 5.73 Å². The van der Waals surface area contributed by atoms with Crippen molar-refractivity contribution in [2.75, 3.05) is 11.9 Å². The molecule has 0 aliphatic carbocycles. The van der Waals surface area contributed by atoms with Crippen LogP contribution in [0.25, 0.3) is 6.08 Å². The van der Waals surface area contributed by atoms with Gasteiger partial charge in [-0.3, -0.25) is 9.59 Å². The number of carbonyl (C=O) groups excluding carboxylic acids is 3. The molecule has 1 aromatic heterocycles. The number of amides is 2. The lowest BCUT2D eigenvalue weighted by atomic mass is 10.2. The first-order valence-corrected chi connectivity index (χ1v) is 7.05. The third kappa shape index (κ3) is 5.13. The highest BCUT2D eigenvalue weighted by Gasteiger charge is 2.07. The molecule has 7 heteroatoms. The van der Waals surface area contributed by atoms with Gasteiger partial charge in [-0.25, -0.2) is 4.79 Å². The Morgan fingerprint density at radius 2 is 1.88 bits per heavy atom. The zero-order chi connectivity index (χ0) is 17.5. The molecule has 1 aromatic carbocycles. The Bertz CT molecular complexity index is 775. The van der Waals surface area contributed by atoms with Crippen molar-refractivity contribution in [1.29, 1.82) is 0 Å². The summed E-state index contributed by atoms with van der Waals surface area (Å²) in [5.41, 5.74) is 5.91. The van der Waals surface area contributed by atoms with Crippen molar-refractivity contribution in [3.05, 3.63) is 59.6 Å². The number of hydrogen-bond donors (Lipinski definition) is 2. The van der Waals surface area contributed by atoms with Gasteiger partial charge in [0, 0.05) is 17.3 Å². The van der Waals surface area contributed by atoms with Gasteiger partial charge in [0.05, 0.1) is 0 Å². The molecule has 0 aliphatic heterocycles. The number of furan rings is 1. The normalized spacial score (nSPS) is 10.5. The van der Waals surface area contributed by atoms with Gasteiger partial charge in [0.25, 0.3) is 5.91 Å². The minimum atomic E-state index is -0.664. The van der Waals surface area contributed by atoms with Gasteiger partial charge >= 0.3 is 5.97 Å². The van der Waals surface area contributed by atoms with Crippen LogP contribution in [0.5, 0.6) is 0 Å². The molecule has 1 heterocycles. The van der Waals surface area contributed by atoms with Crippen LogP contribution in [-0.2, 0) is 14.3 Å². The highest BCUT2D eigenvalue weighted by Crippen LogP contribution is 2.09. The maximum Gasteiger partial charge on any atom is 0.331 e. The van der Waals surface area contributed by atoms with Gasteiger partial charge < -0.3 is 20.2 Å². The fourth-order valence-corrected chi connectivity index (χ4v) is 1.79. The van der Waals surface area contributed by atoms with Crippen molar-refractivity contribution >= 4 is 29.5 Å². The monoisotopic (exact) mass is 328 g/mol. The molecule has 2 aromatic rings. The summed E-state index contributed by atoms with van der Waals surface area (Å²) in [4.78, 5) is 34.1. The van der Waals surface area contributed by atoms with E-state index in [0.717, 1.165) is 5.76 Å². The van der Waals surface area contributed by atoms with Gasteiger partial charge in [0.2, 0.25) is 5.91 Å². The second-order valence-electron chi connectivity index (χ2n) is 4.88. The number of benzene rings is 1. The Hall–Kier alpha value is -3.35. The van der Waals surface area contributed by atoms with Crippen molar-refractivity contribution in [2.45, 2.75) is 6.92 Å². The summed E-state index contributed by atoms with van der Waals surface area (Å²) in [5, 5.41) is 2.53. The van der Waals surface area contributed by atoms with Crippen LogP contribution in [0.3, 0.4) is 0 Å². The lowest BCUT2D eigenvalue weighted by Crippen LogP contribution is -2.20. The third-order valence-electron chi connectivity index (χ3n) is 2.94. The van der Waals surface area contributed by atoms with Crippen LogP contribution in [0.4, 0.5) is 5.69 Å². The van der Waals surface area contributed by atoms with Crippen molar-refractivity contribution in [3.63, 3.8) is 0 Å². The average molecular weight is 328 g/mol. The van der Waals surface area contributed by atoms with E-state index < -0.39 is 24.4 Å². The summed E-state index contributed by atoms with van der Waals surface area (Å²) >= 11 is 0. The van der Waals surface area contributed by atoms with Crippen LogP contribution in [-0.4, -0.2) is 24.4 Å². The maximum atomic E-state index is 11.7. The summed E-state index contributed by atoms with van der Waals surface area (Å²) in [6.45, 7) is 1.36. The molecule has 3 N–H and O–H groups in total. The molecule has 0 radical (unpaired) electrons. The average Bonchev–Trinajstić information content (AvgIpc) is 2.97. The van der Waals surface area contributed by atoms with E-state index in [-0.39, 0.29) is 0 Å². The molecule has 2 amide bonds. The van der Waals surface area contributed by atoms with Gasteiger partial charge in [-0.15, -0.1) is 0 Å². The van der Waals surface area contributed by atoms with Crippen LogP contribution in [0.1, 0.15) is 21.9 Å². The molecule has 0 bridgehead atoms. The second-order valence-corrected chi connectivity index (χ2v) is 4.88. The van der Waals surface area contributed by atoms with E-state index in [2.05, 4.69) is 5.32 Å². The first kappa shape index (κ1) is 17.0. The number of carbonyl (C=O) groups is 3. The fourth-order valence-electron chi connectivity index (χ4n) is 1.79. The van der Waals surface area contributed by atoms with E-state index in [9.17, 15) is 14.4 Å². The van der Waals surface area contributed by atoms with Crippen LogP contribution >= 0.6 is 0 Å². The third-order valence-corrected chi connectivity index (χ3v) is 2.94. The summed E-state index contributed by atoms with van der Waals surface area (Å²) in [6.07, 6.45) is 2.63. The number of rotatable bonds is 6. The van der Waals surface area contributed by atoms with E-state index in [1.54, 1.807) is 19.1 Å². The van der Waals surface area contributed by atoms with E-state index in [0.29, 0.717) is 17.0 Å². The van der Waals surface area contributed by atoms with Gasteiger partial charge in [0.15, 0.2) is 6.61 Å². The number of hydrogen-bond acceptors (Lipinski definition) is 5. The van der Waals surface area contributed by atoms with E-state index in [1.165, 1.54) is 36.4 Å². The Morgan fingerprint density at radius 3 is 2.46 bits per heavy atom.